The van der Waals surface area contributed by atoms with Gasteiger partial charge in [-0.15, -0.1) is 0 Å². The van der Waals surface area contributed by atoms with Gasteiger partial charge in [0, 0.05) is 31.4 Å². The minimum Gasteiger partial charge on any atom is -0.355 e. The zero-order valence-electron chi connectivity index (χ0n) is 12.5. The van der Waals surface area contributed by atoms with Crippen LogP contribution >= 0.6 is 0 Å². The van der Waals surface area contributed by atoms with Gasteiger partial charge in [0.15, 0.2) is 0 Å². The number of nitrogens with one attached hydrogen (secondary N) is 1. The molecule has 1 saturated heterocycles. The standard InChI is InChI=1S/C16H25N5/c17-13-6-8-21(10-13)15-5-7-18-16(20-15)19-14-4-3-11-1-2-12(11)9-14/h5,7,11-14H,1-4,6,8-10,17H2,(H,18,19,20)/t11?,12?,13-,14?/m0/s1. The van der Waals surface area contributed by atoms with Crippen LogP contribution in [-0.2, 0) is 0 Å². The quantitative estimate of drug-likeness (QED) is 0.890. The number of hydrogen-bond acceptors (Lipinski definition) is 5. The summed E-state index contributed by atoms with van der Waals surface area (Å²) < 4.78 is 0. The van der Waals surface area contributed by atoms with E-state index in [2.05, 4.69) is 15.2 Å². The molecule has 4 rings (SSSR count). The van der Waals surface area contributed by atoms with Gasteiger partial charge in [0.1, 0.15) is 5.82 Å². The molecule has 3 aliphatic rings. The lowest BCUT2D eigenvalue weighted by Crippen LogP contribution is -2.38. The molecule has 1 aromatic rings. The summed E-state index contributed by atoms with van der Waals surface area (Å²) in [6.45, 7) is 1.91. The van der Waals surface area contributed by atoms with Gasteiger partial charge < -0.3 is 16.0 Å². The van der Waals surface area contributed by atoms with Crippen molar-refractivity contribution >= 4 is 11.8 Å². The fraction of sp³-hybridized carbons (Fsp3) is 0.750. The van der Waals surface area contributed by atoms with E-state index in [1.165, 1.54) is 32.1 Å². The normalized spacial score (nSPS) is 35.2. The lowest BCUT2D eigenvalue weighted by Gasteiger charge is -2.44. The van der Waals surface area contributed by atoms with E-state index in [1.807, 2.05) is 12.3 Å². The maximum absolute atomic E-state index is 5.98. The van der Waals surface area contributed by atoms with E-state index in [4.69, 9.17) is 10.7 Å². The Kier molecular flexibility index (Phi) is 3.45. The molecule has 2 aliphatic carbocycles. The molecule has 2 heterocycles. The Morgan fingerprint density at radius 3 is 2.71 bits per heavy atom. The van der Waals surface area contributed by atoms with Gasteiger partial charge in [-0.05, 0) is 56.4 Å². The van der Waals surface area contributed by atoms with E-state index in [9.17, 15) is 0 Å². The van der Waals surface area contributed by atoms with Crippen LogP contribution in [0, 0.1) is 11.8 Å². The largest absolute Gasteiger partial charge is 0.355 e. The topological polar surface area (TPSA) is 67.1 Å². The van der Waals surface area contributed by atoms with Crippen LogP contribution in [0.4, 0.5) is 11.8 Å². The summed E-state index contributed by atoms with van der Waals surface area (Å²) >= 11 is 0. The van der Waals surface area contributed by atoms with Gasteiger partial charge in [-0.1, -0.05) is 0 Å². The smallest absolute Gasteiger partial charge is 0.224 e. The summed E-state index contributed by atoms with van der Waals surface area (Å²) in [4.78, 5) is 11.4. The van der Waals surface area contributed by atoms with Crippen molar-refractivity contribution in [2.24, 2.45) is 17.6 Å². The first-order valence-electron chi connectivity index (χ1n) is 8.38. The van der Waals surface area contributed by atoms with Gasteiger partial charge in [0.05, 0.1) is 0 Å². The zero-order chi connectivity index (χ0) is 14.2. The molecule has 3 N–H and O–H groups in total. The lowest BCUT2D eigenvalue weighted by atomic mass is 9.64. The first-order chi connectivity index (χ1) is 10.3. The fourth-order valence-corrected chi connectivity index (χ4v) is 4.13. The second-order valence-electron chi connectivity index (χ2n) is 6.99. The second-order valence-corrected chi connectivity index (χ2v) is 6.99. The highest BCUT2D eigenvalue weighted by Crippen LogP contribution is 2.45. The molecule has 114 valence electrons. The summed E-state index contributed by atoms with van der Waals surface area (Å²) in [5, 5.41) is 3.56. The molecule has 1 aromatic heterocycles. The molecule has 5 heteroatoms. The summed E-state index contributed by atoms with van der Waals surface area (Å²) in [6.07, 6.45) is 9.75. The van der Waals surface area contributed by atoms with E-state index in [0.717, 1.165) is 43.1 Å². The van der Waals surface area contributed by atoms with Crippen LogP contribution in [0.15, 0.2) is 12.3 Å². The van der Waals surface area contributed by atoms with E-state index in [1.54, 1.807) is 0 Å². The Morgan fingerprint density at radius 1 is 1.14 bits per heavy atom. The van der Waals surface area contributed by atoms with Gasteiger partial charge in [-0.3, -0.25) is 0 Å². The number of hydrogen-bond donors (Lipinski definition) is 2. The molecule has 3 fully saturated rings. The van der Waals surface area contributed by atoms with Crippen molar-refractivity contribution in [1.29, 1.82) is 0 Å². The number of nitrogens with zero attached hydrogens (tertiary/aromatic N) is 3. The van der Waals surface area contributed by atoms with Crippen LogP contribution in [-0.4, -0.2) is 35.1 Å². The Bertz CT molecular complexity index is 505. The maximum atomic E-state index is 5.98. The van der Waals surface area contributed by atoms with Crippen LogP contribution in [0.3, 0.4) is 0 Å². The Labute approximate surface area is 126 Å². The zero-order valence-corrected chi connectivity index (χ0v) is 12.5. The molecule has 2 saturated carbocycles. The SMILES string of the molecule is N[C@H]1CCN(c2ccnc(NC3CCC4CCC4C3)n2)C1. The Balaban J connectivity index is 1.41. The van der Waals surface area contributed by atoms with Crippen LogP contribution in [0.25, 0.3) is 0 Å². The first kappa shape index (κ1) is 13.3. The highest BCUT2D eigenvalue weighted by Gasteiger charge is 2.36. The van der Waals surface area contributed by atoms with Crippen molar-refractivity contribution < 1.29 is 0 Å². The summed E-state index contributed by atoms with van der Waals surface area (Å²) in [6, 6.07) is 2.83. The van der Waals surface area contributed by atoms with Gasteiger partial charge in [-0.2, -0.15) is 4.98 Å². The van der Waals surface area contributed by atoms with Gasteiger partial charge in [0.2, 0.25) is 5.95 Å². The van der Waals surface area contributed by atoms with Crippen molar-refractivity contribution in [3.05, 3.63) is 12.3 Å². The molecule has 1 aliphatic heterocycles. The third kappa shape index (κ3) is 2.71. The third-order valence-corrected chi connectivity index (χ3v) is 5.57. The summed E-state index contributed by atoms with van der Waals surface area (Å²) in [5.74, 6) is 3.77. The van der Waals surface area contributed by atoms with Gasteiger partial charge >= 0.3 is 0 Å². The van der Waals surface area contributed by atoms with Gasteiger partial charge in [0.25, 0.3) is 0 Å². The average molecular weight is 287 g/mol. The Morgan fingerprint density at radius 2 is 2.00 bits per heavy atom. The minimum atomic E-state index is 0.283. The van der Waals surface area contributed by atoms with Crippen molar-refractivity contribution in [1.82, 2.24) is 9.97 Å². The van der Waals surface area contributed by atoms with Crippen LogP contribution < -0.4 is 16.0 Å². The molecular formula is C16H25N5. The molecule has 0 aromatic carbocycles. The van der Waals surface area contributed by atoms with E-state index in [-0.39, 0.29) is 6.04 Å². The molecule has 21 heavy (non-hydrogen) atoms. The maximum Gasteiger partial charge on any atom is 0.224 e. The molecule has 0 spiro atoms. The van der Waals surface area contributed by atoms with E-state index >= 15 is 0 Å². The molecule has 5 nitrogen and oxygen atoms in total. The molecule has 0 radical (unpaired) electrons. The molecule has 3 unspecified atom stereocenters. The fourth-order valence-electron chi connectivity index (χ4n) is 4.13. The number of fused-ring (bicyclic) bond motifs is 1. The average Bonchev–Trinajstić information content (AvgIpc) is 2.89. The van der Waals surface area contributed by atoms with Crippen molar-refractivity contribution in [2.75, 3.05) is 23.3 Å². The van der Waals surface area contributed by atoms with Crippen LogP contribution in [0.1, 0.15) is 38.5 Å². The number of aromatic nitrogens is 2. The van der Waals surface area contributed by atoms with E-state index < -0.39 is 0 Å². The summed E-state index contributed by atoms with van der Waals surface area (Å²) in [7, 11) is 0. The van der Waals surface area contributed by atoms with Crippen molar-refractivity contribution in [3.8, 4) is 0 Å². The summed E-state index contributed by atoms with van der Waals surface area (Å²) in [5.41, 5.74) is 5.98. The first-order valence-corrected chi connectivity index (χ1v) is 8.38. The molecular weight excluding hydrogens is 262 g/mol. The number of nitrogens with two attached hydrogens (primary N) is 1. The van der Waals surface area contributed by atoms with E-state index in [0.29, 0.717) is 6.04 Å². The minimum absolute atomic E-state index is 0.283. The van der Waals surface area contributed by atoms with Crippen LogP contribution in [0.2, 0.25) is 0 Å². The number of rotatable bonds is 3. The molecule has 0 bridgehead atoms. The van der Waals surface area contributed by atoms with Crippen molar-refractivity contribution in [2.45, 2.75) is 50.6 Å². The molecule has 0 amide bonds. The molecule has 4 atom stereocenters. The predicted molar refractivity (Wildman–Crippen MR) is 84.3 cm³/mol. The highest BCUT2D eigenvalue weighted by atomic mass is 15.2. The monoisotopic (exact) mass is 287 g/mol. The Hall–Kier alpha value is -1.36. The second kappa shape index (κ2) is 5.44. The number of anilines is 2. The van der Waals surface area contributed by atoms with Crippen molar-refractivity contribution in [3.63, 3.8) is 0 Å². The highest BCUT2D eigenvalue weighted by molar-refractivity contribution is 5.44. The predicted octanol–water partition coefficient (Wildman–Crippen LogP) is 2.00. The van der Waals surface area contributed by atoms with Gasteiger partial charge in [-0.25, -0.2) is 4.98 Å². The third-order valence-electron chi connectivity index (χ3n) is 5.57. The van der Waals surface area contributed by atoms with Crippen LogP contribution in [0.5, 0.6) is 0 Å². The lowest BCUT2D eigenvalue weighted by molar-refractivity contribution is 0.107.